The predicted molar refractivity (Wildman–Crippen MR) is 265 cm³/mol. The molecule has 3 aliphatic rings. The van der Waals surface area contributed by atoms with E-state index in [1.807, 2.05) is 96.9 Å². The molecule has 65 heavy (non-hydrogen) atoms. The van der Waals surface area contributed by atoms with Gasteiger partial charge in [0, 0.05) is 48.9 Å². The van der Waals surface area contributed by atoms with Crippen LogP contribution < -0.4 is 16.1 Å². The van der Waals surface area contributed by atoms with Gasteiger partial charge in [-0.3, -0.25) is 38.4 Å². The van der Waals surface area contributed by atoms with E-state index >= 15 is 0 Å². The zero-order valence-corrected chi connectivity index (χ0v) is 42.6. The first kappa shape index (κ1) is 51.9. The van der Waals surface area contributed by atoms with E-state index in [0.717, 1.165) is 66.4 Å². The quantitative estimate of drug-likeness (QED) is 0.126. The van der Waals surface area contributed by atoms with E-state index in [2.05, 4.69) is 40.2 Å². The van der Waals surface area contributed by atoms with Gasteiger partial charge in [-0.15, -0.1) is 0 Å². The summed E-state index contributed by atoms with van der Waals surface area (Å²) < 4.78 is 0. The molecule has 0 aliphatic heterocycles. The van der Waals surface area contributed by atoms with Crippen molar-refractivity contribution in [3.8, 4) is 0 Å². The van der Waals surface area contributed by atoms with Crippen molar-refractivity contribution in [3.63, 3.8) is 0 Å². The number of ketones is 6. The molecule has 3 aliphatic carbocycles. The van der Waals surface area contributed by atoms with Gasteiger partial charge in [0.15, 0.2) is 45.6 Å². The Hall–Kier alpha value is -5.76. The fourth-order valence-corrected chi connectivity index (χ4v) is 9.61. The number of allylic oxidation sites excluding steroid dienone is 3. The first-order chi connectivity index (χ1) is 29.3. The molecule has 0 saturated heterocycles. The van der Waals surface area contributed by atoms with Crippen molar-refractivity contribution >= 4 is 62.8 Å². The third-order valence-corrected chi connectivity index (χ3v) is 17.2. The van der Waals surface area contributed by atoms with Gasteiger partial charge >= 0.3 is 0 Å². The molecule has 0 radical (unpaired) electrons. The van der Waals surface area contributed by atoms with E-state index in [4.69, 9.17) is 0 Å². The van der Waals surface area contributed by atoms with Crippen molar-refractivity contribution < 1.29 is 28.8 Å². The highest BCUT2D eigenvalue weighted by Gasteiger charge is 2.60. The Labute approximate surface area is 384 Å². The van der Waals surface area contributed by atoms with Gasteiger partial charge < -0.3 is 0 Å². The molecule has 2 saturated carbocycles. The molecule has 8 nitrogen and oxygen atoms in total. The number of benzene rings is 4. The molecule has 0 heterocycles. The average Bonchev–Trinajstić information content (AvgIpc) is 3.52. The molecule has 2 fully saturated rings. The minimum Gasteiger partial charge on any atom is -0.293 e. The molecule has 4 aromatic rings. The minimum absolute atomic E-state index is 0.0894. The van der Waals surface area contributed by atoms with Crippen LogP contribution in [0.2, 0.25) is 0 Å². The van der Waals surface area contributed by atoms with Crippen LogP contribution in [-0.4, -0.2) is 34.7 Å². The van der Waals surface area contributed by atoms with Gasteiger partial charge in [0.1, 0.15) is 0 Å². The van der Waals surface area contributed by atoms with Gasteiger partial charge in [0.2, 0.25) is 0 Å². The standard InChI is InChI=1S/C20H20O2.C14H14O2.C13H20O2.C10H14O2/c1-8-10(3)15-11(4)9(2)13(6)17-18(15)16(12(8)5)19(21)14(7)20(17)22;1-6-7(2)9(4)12-11(8(6)3)13(15)10(5)14(12)16;1-8-9(14)11(2,3)13(6,7)12(4,5)10(8)15;1-6-7(11)9(2,3)10(4,5)8(6)12/h7H2,1-6H3;5H2,1-4H3;1H2,2-7H3;1H2,2-5H3. The van der Waals surface area contributed by atoms with Gasteiger partial charge in [0.05, 0.1) is 21.9 Å². The van der Waals surface area contributed by atoms with Crippen LogP contribution in [0.1, 0.15) is 146 Å². The molecule has 344 valence electrons. The fraction of sp³-hybridized carbons (Fsp3) is 0.439. The average molecular weight is 881 g/mol. The molecule has 7 rings (SSSR count). The van der Waals surface area contributed by atoms with E-state index in [0.29, 0.717) is 21.9 Å². The maximum atomic E-state index is 12.7. The topological polar surface area (TPSA) is 137 Å². The fourth-order valence-electron chi connectivity index (χ4n) is 9.61. The normalized spacial score (nSPS) is 18.9. The Balaban J connectivity index is 0.000000195. The smallest absolute Gasteiger partial charge is 0.197 e. The molecule has 0 aromatic heterocycles. The van der Waals surface area contributed by atoms with Crippen molar-refractivity contribution in [2.45, 2.75) is 138 Å². The molecule has 0 unspecified atom stereocenters. The summed E-state index contributed by atoms with van der Waals surface area (Å²) in [6.07, 6.45) is 0. The Kier molecular flexibility index (Phi) is 13.0. The first-order valence-electron chi connectivity index (χ1n) is 22.0. The molecular formula is C57H68O8. The predicted octanol–water partition coefficient (Wildman–Crippen LogP) is 10.5. The number of carbonyl (C=O) groups excluding carboxylic acids is 6. The van der Waals surface area contributed by atoms with Crippen LogP contribution in [0.15, 0.2) is 46.0 Å². The zero-order chi connectivity index (χ0) is 50.7. The van der Waals surface area contributed by atoms with Crippen LogP contribution in [0, 0.1) is 96.3 Å². The molecule has 0 N–H and O–H groups in total. The number of aryl methyl sites for hydroxylation is 4. The second-order valence-corrected chi connectivity index (χ2v) is 21.2. The minimum atomic E-state index is -0.596. The first-order valence-corrected chi connectivity index (χ1v) is 22.0. The van der Waals surface area contributed by atoms with E-state index in [9.17, 15) is 38.4 Å². The number of Topliss-reactive ketones (excluding diaryl/α,β-unsaturated/α-hetero) is 6. The SMILES string of the molecule is C=C1C(=O)C(C)(C)C(C)(C)C(C)(C)C1=O.C=C1C(=O)C(C)(C)C(C)(C)C1=O.C=C1C(=O)c2c(C)c(C)c(C)c(C)c2C1=O.C=c1c(=O)c2c(C)c(C)c(C)c3c(C)c(C)c(C)c(c1=O)c32. The Morgan fingerprint density at radius 1 is 0.292 bits per heavy atom. The summed E-state index contributed by atoms with van der Waals surface area (Å²) in [6, 6.07) is 0. The van der Waals surface area contributed by atoms with E-state index in [1.165, 1.54) is 0 Å². The van der Waals surface area contributed by atoms with Crippen LogP contribution in [-0.2, 0) is 19.2 Å². The second kappa shape index (κ2) is 16.3. The lowest BCUT2D eigenvalue weighted by atomic mass is 9.47. The number of hydrogen-bond donors (Lipinski definition) is 0. The van der Waals surface area contributed by atoms with E-state index in [1.54, 1.807) is 27.7 Å². The summed E-state index contributed by atoms with van der Waals surface area (Å²) >= 11 is 0. The van der Waals surface area contributed by atoms with Crippen molar-refractivity contribution in [2.24, 2.45) is 27.1 Å². The lowest BCUT2D eigenvalue weighted by Crippen LogP contribution is -2.58. The highest BCUT2D eigenvalue weighted by Crippen LogP contribution is 2.57. The zero-order valence-electron chi connectivity index (χ0n) is 42.6. The van der Waals surface area contributed by atoms with Crippen LogP contribution in [0.3, 0.4) is 0 Å². The monoisotopic (exact) mass is 880 g/mol. The molecule has 0 amide bonds. The lowest BCUT2D eigenvalue weighted by molar-refractivity contribution is -0.153. The van der Waals surface area contributed by atoms with Gasteiger partial charge in [-0.2, -0.15) is 0 Å². The largest absolute Gasteiger partial charge is 0.293 e. The van der Waals surface area contributed by atoms with Crippen LogP contribution in [0.5, 0.6) is 0 Å². The summed E-state index contributed by atoms with van der Waals surface area (Å²) in [5.74, 6) is -0.865. The van der Waals surface area contributed by atoms with Gasteiger partial charge in [-0.05, 0) is 136 Å². The van der Waals surface area contributed by atoms with Crippen molar-refractivity contribution in [1.29, 1.82) is 0 Å². The summed E-state index contributed by atoms with van der Waals surface area (Å²) in [7, 11) is 0. The number of fused-ring (bicyclic) bond motifs is 1. The van der Waals surface area contributed by atoms with Gasteiger partial charge in [-0.1, -0.05) is 95.6 Å². The maximum Gasteiger partial charge on any atom is 0.197 e. The van der Waals surface area contributed by atoms with Crippen molar-refractivity contribution in [2.75, 3.05) is 0 Å². The van der Waals surface area contributed by atoms with Gasteiger partial charge in [-0.25, -0.2) is 0 Å². The highest BCUT2D eigenvalue weighted by atomic mass is 16.2. The summed E-state index contributed by atoms with van der Waals surface area (Å²) in [4.78, 5) is 96.4. The summed E-state index contributed by atoms with van der Waals surface area (Å²) in [6.45, 7) is 53.1. The van der Waals surface area contributed by atoms with Crippen LogP contribution in [0.25, 0.3) is 28.1 Å². The Morgan fingerprint density at radius 2 is 0.538 bits per heavy atom. The van der Waals surface area contributed by atoms with Crippen molar-refractivity contribution in [3.05, 3.63) is 129 Å². The molecule has 0 atom stereocenters. The third kappa shape index (κ3) is 7.09. The summed E-state index contributed by atoms with van der Waals surface area (Å²) in [5, 5.41) is 3.33. The molecule has 4 aromatic carbocycles. The van der Waals surface area contributed by atoms with E-state index in [-0.39, 0.29) is 72.9 Å². The van der Waals surface area contributed by atoms with Crippen LogP contribution >= 0.6 is 0 Å². The Morgan fingerprint density at radius 3 is 0.815 bits per heavy atom. The second-order valence-electron chi connectivity index (χ2n) is 21.2. The highest BCUT2D eigenvalue weighted by molar-refractivity contribution is 6.40. The summed E-state index contributed by atoms with van der Waals surface area (Å²) in [5.41, 5.74) is 8.97. The molecule has 0 bridgehead atoms. The number of carbonyl (C=O) groups is 6. The number of rotatable bonds is 0. The van der Waals surface area contributed by atoms with Crippen molar-refractivity contribution in [1.82, 2.24) is 0 Å². The molecule has 8 heteroatoms. The number of hydrogen-bond acceptors (Lipinski definition) is 8. The van der Waals surface area contributed by atoms with Gasteiger partial charge in [0.25, 0.3) is 0 Å². The third-order valence-electron chi connectivity index (χ3n) is 17.2. The van der Waals surface area contributed by atoms with E-state index < -0.39 is 21.7 Å². The van der Waals surface area contributed by atoms with Crippen LogP contribution in [0.4, 0.5) is 0 Å². The Bertz CT molecular complexity index is 2910. The molecule has 0 spiro atoms. The molecular weight excluding hydrogens is 813 g/mol. The maximum absolute atomic E-state index is 12.7. The lowest BCUT2D eigenvalue weighted by Gasteiger charge is -2.54.